The van der Waals surface area contributed by atoms with Gasteiger partial charge in [-0.1, -0.05) is 70.0 Å². The number of aryl methyl sites for hydroxylation is 2. The standard InChI is InChI=1S/C26H34N4O4/c1-19-7-11-23(12-8-19)21(3)29-33-17-25(31)27-15-5-6-16-28-26(32)18-34-30-22(4)24-13-9-20(2)10-14-24/h7-14H,5-6,15-18H2,1-4H3,(H,27,31)(H,28,32). The van der Waals surface area contributed by atoms with Crippen molar-refractivity contribution in [2.24, 2.45) is 10.3 Å². The van der Waals surface area contributed by atoms with E-state index in [0.717, 1.165) is 24.0 Å². The molecule has 8 heteroatoms. The van der Waals surface area contributed by atoms with Crippen molar-refractivity contribution < 1.29 is 19.3 Å². The summed E-state index contributed by atoms with van der Waals surface area (Å²) in [5.74, 6) is -0.473. The van der Waals surface area contributed by atoms with Crippen LogP contribution in [0.3, 0.4) is 0 Å². The Balaban J connectivity index is 1.51. The van der Waals surface area contributed by atoms with E-state index in [-0.39, 0.29) is 25.0 Å². The summed E-state index contributed by atoms with van der Waals surface area (Å²) in [6.45, 7) is 8.41. The Labute approximate surface area is 201 Å². The van der Waals surface area contributed by atoms with Crippen molar-refractivity contribution in [3.63, 3.8) is 0 Å². The van der Waals surface area contributed by atoms with Crippen LogP contribution in [0.5, 0.6) is 0 Å². The Morgan fingerprint density at radius 1 is 0.676 bits per heavy atom. The lowest BCUT2D eigenvalue weighted by molar-refractivity contribution is -0.126. The zero-order valence-electron chi connectivity index (χ0n) is 20.4. The average Bonchev–Trinajstić information content (AvgIpc) is 2.82. The van der Waals surface area contributed by atoms with E-state index in [9.17, 15) is 9.59 Å². The third-order valence-electron chi connectivity index (χ3n) is 4.98. The molecule has 0 radical (unpaired) electrons. The summed E-state index contributed by atoms with van der Waals surface area (Å²) in [4.78, 5) is 33.9. The number of carbonyl (C=O) groups excluding carboxylic acids is 2. The number of unbranched alkanes of at least 4 members (excludes halogenated alkanes) is 1. The fourth-order valence-electron chi connectivity index (χ4n) is 2.88. The molecule has 8 nitrogen and oxygen atoms in total. The number of carbonyl (C=O) groups is 2. The summed E-state index contributed by atoms with van der Waals surface area (Å²) in [5, 5.41) is 13.5. The highest BCUT2D eigenvalue weighted by atomic mass is 16.6. The van der Waals surface area contributed by atoms with Crippen LogP contribution in [-0.4, -0.2) is 49.5 Å². The Hall–Kier alpha value is -3.68. The molecule has 182 valence electrons. The minimum absolute atomic E-state index is 0.139. The number of nitrogens with zero attached hydrogens (tertiary/aromatic N) is 2. The molecule has 2 aromatic rings. The molecule has 0 spiro atoms. The van der Waals surface area contributed by atoms with Crippen LogP contribution in [0.15, 0.2) is 58.8 Å². The smallest absolute Gasteiger partial charge is 0.260 e. The van der Waals surface area contributed by atoms with Crippen molar-refractivity contribution in [1.82, 2.24) is 10.6 Å². The number of nitrogens with one attached hydrogen (secondary N) is 2. The van der Waals surface area contributed by atoms with Gasteiger partial charge in [0.1, 0.15) is 0 Å². The van der Waals surface area contributed by atoms with Crippen LogP contribution in [0.4, 0.5) is 0 Å². The van der Waals surface area contributed by atoms with E-state index in [1.807, 2.05) is 76.2 Å². The molecule has 0 aliphatic rings. The van der Waals surface area contributed by atoms with Crippen LogP contribution >= 0.6 is 0 Å². The van der Waals surface area contributed by atoms with Crippen LogP contribution in [0, 0.1) is 13.8 Å². The lowest BCUT2D eigenvalue weighted by atomic mass is 10.1. The largest absolute Gasteiger partial charge is 0.385 e. The second kappa shape index (κ2) is 14.5. The maximum atomic E-state index is 11.8. The Morgan fingerprint density at radius 2 is 1.03 bits per heavy atom. The summed E-state index contributed by atoms with van der Waals surface area (Å²) in [6.07, 6.45) is 1.45. The molecule has 0 saturated heterocycles. The molecular weight excluding hydrogens is 432 g/mol. The molecule has 34 heavy (non-hydrogen) atoms. The third kappa shape index (κ3) is 10.3. The van der Waals surface area contributed by atoms with Crippen LogP contribution in [0.2, 0.25) is 0 Å². The number of benzene rings is 2. The van der Waals surface area contributed by atoms with Gasteiger partial charge in [-0.05, 0) is 51.7 Å². The second-order valence-electron chi connectivity index (χ2n) is 8.04. The minimum Gasteiger partial charge on any atom is -0.385 e. The molecule has 0 saturated carbocycles. The van der Waals surface area contributed by atoms with Crippen LogP contribution < -0.4 is 10.6 Å². The van der Waals surface area contributed by atoms with Crippen molar-refractivity contribution in [2.45, 2.75) is 40.5 Å². The van der Waals surface area contributed by atoms with Crippen molar-refractivity contribution in [2.75, 3.05) is 26.3 Å². The fraction of sp³-hybridized carbons (Fsp3) is 0.385. The monoisotopic (exact) mass is 466 g/mol. The highest BCUT2D eigenvalue weighted by Crippen LogP contribution is 2.06. The predicted molar refractivity (Wildman–Crippen MR) is 134 cm³/mol. The molecule has 2 amide bonds. The second-order valence-corrected chi connectivity index (χ2v) is 8.04. The fourth-order valence-corrected chi connectivity index (χ4v) is 2.88. The van der Waals surface area contributed by atoms with Crippen molar-refractivity contribution in [3.8, 4) is 0 Å². The van der Waals surface area contributed by atoms with Gasteiger partial charge in [0.05, 0.1) is 11.4 Å². The number of hydrogen-bond acceptors (Lipinski definition) is 6. The molecule has 0 unspecified atom stereocenters. The molecule has 2 aromatic carbocycles. The van der Waals surface area contributed by atoms with Gasteiger partial charge in [-0.3, -0.25) is 9.59 Å². The van der Waals surface area contributed by atoms with Gasteiger partial charge in [0.25, 0.3) is 11.8 Å². The lowest BCUT2D eigenvalue weighted by Gasteiger charge is -2.07. The van der Waals surface area contributed by atoms with Crippen molar-refractivity contribution in [3.05, 3.63) is 70.8 Å². The number of oxime groups is 2. The van der Waals surface area contributed by atoms with E-state index in [1.54, 1.807) is 0 Å². The topological polar surface area (TPSA) is 101 Å². The summed E-state index contributed by atoms with van der Waals surface area (Å²) >= 11 is 0. The van der Waals surface area contributed by atoms with Crippen LogP contribution in [0.25, 0.3) is 0 Å². The zero-order chi connectivity index (χ0) is 24.8. The Morgan fingerprint density at radius 3 is 1.38 bits per heavy atom. The summed E-state index contributed by atoms with van der Waals surface area (Å²) in [5.41, 5.74) is 5.66. The van der Waals surface area contributed by atoms with Crippen LogP contribution in [0.1, 0.15) is 48.9 Å². The lowest BCUT2D eigenvalue weighted by Crippen LogP contribution is -2.30. The summed E-state index contributed by atoms with van der Waals surface area (Å²) in [7, 11) is 0. The number of rotatable bonds is 13. The Kier molecular flexibility index (Phi) is 11.3. The van der Waals surface area contributed by atoms with Gasteiger partial charge in [-0.2, -0.15) is 0 Å². The molecule has 2 N–H and O–H groups in total. The SMILES string of the molecule is CC(=NOCC(=O)NCCCCNC(=O)CON=C(C)c1ccc(C)cc1)c1ccc(C)cc1. The maximum absolute atomic E-state index is 11.8. The first-order valence-electron chi connectivity index (χ1n) is 11.4. The summed E-state index contributed by atoms with van der Waals surface area (Å²) in [6, 6.07) is 15.8. The average molecular weight is 467 g/mol. The first kappa shape index (κ1) is 26.6. The minimum atomic E-state index is -0.236. The first-order valence-corrected chi connectivity index (χ1v) is 11.4. The van der Waals surface area contributed by atoms with Gasteiger partial charge in [0.2, 0.25) is 0 Å². The van der Waals surface area contributed by atoms with Gasteiger partial charge in [-0.15, -0.1) is 0 Å². The molecular formula is C26H34N4O4. The van der Waals surface area contributed by atoms with Gasteiger partial charge in [-0.25, -0.2) is 0 Å². The Bertz CT molecular complexity index is 901. The van der Waals surface area contributed by atoms with E-state index in [1.165, 1.54) is 11.1 Å². The molecule has 2 rings (SSSR count). The van der Waals surface area contributed by atoms with E-state index in [4.69, 9.17) is 9.68 Å². The number of hydrogen-bond donors (Lipinski definition) is 2. The first-order chi connectivity index (χ1) is 16.3. The molecule has 0 fully saturated rings. The summed E-state index contributed by atoms with van der Waals surface area (Å²) < 4.78 is 0. The van der Waals surface area contributed by atoms with E-state index in [2.05, 4.69) is 20.9 Å². The van der Waals surface area contributed by atoms with Gasteiger partial charge in [0, 0.05) is 13.1 Å². The van der Waals surface area contributed by atoms with Gasteiger partial charge in [0.15, 0.2) is 13.2 Å². The highest BCUT2D eigenvalue weighted by Gasteiger charge is 2.04. The quantitative estimate of drug-likeness (QED) is 0.268. The molecule has 0 bridgehead atoms. The highest BCUT2D eigenvalue weighted by molar-refractivity contribution is 5.98. The van der Waals surface area contributed by atoms with Crippen molar-refractivity contribution in [1.29, 1.82) is 0 Å². The van der Waals surface area contributed by atoms with Crippen LogP contribution in [-0.2, 0) is 19.3 Å². The van der Waals surface area contributed by atoms with Gasteiger partial charge >= 0.3 is 0 Å². The molecule has 0 aliphatic heterocycles. The maximum Gasteiger partial charge on any atom is 0.260 e. The predicted octanol–water partition coefficient (Wildman–Crippen LogP) is 3.50. The third-order valence-corrected chi connectivity index (χ3v) is 4.98. The normalized spacial score (nSPS) is 11.6. The van der Waals surface area contributed by atoms with E-state index in [0.29, 0.717) is 24.5 Å². The molecule has 0 aromatic heterocycles. The molecule has 0 atom stereocenters. The van der Waals surface area contributed by atoms with E-state index < -0.39 is 0 Å². The molecule has 0 aliphatic carbocycles. The molecule has 0 heterocycles. The van der Waals surface area contributed by atoms with Gasteiger partial charge < -0.3 is 20.3 Å². The number of amides is 2. The zero-order valence-corrected chi connectivity index (χ0v) is 20.4. The van der Waals surface area contributed by atoms with Crippen molar-refractivity contribution >= 4 is 23.2 Å². The van der Waals surface area contributed by atoms with E-state index >= 15 is 0 Å².